The molecule has 0 amide bonds. The first-order valence-corrected chi connectivity index (χ1v) is 16.5. The molecule has 0 spiro atoms. The first-order chi connectivity index (χ1) is 21.2. The lowest BCUT2D eigenvalue weighted by atomic mass is 10.1. The Hall–Kier alpha value is -4.98. The molecule has 0 fully saturated rings. The number of fused-ring (bicyclic) bond motifs is 10. The quantitative estimate of drug-likeness (QED) is 0.170. The summed E-state index contributed by atoms with van der Waals surface area (Å²) in [5.74, 6) is 0. The van der Waals surface area contributed by atoms with E-state index in [9.17, 15) is 0 Å². The summed E-state index contributed by atoms with van der Waals surface area (Å²) in [5.41, 5.74) is 3.93. The van der Waals surface area contributed by atoms with Crippen LogP contribution in [0.25, 0.3) is 61.3 Å². The van der Waals surface area contributed by atoms with Crippen molar-refractivity contribution >= 4 is 84.3 Å². The molecular weight excluding hydrogens is 543 g/mol. The van der Waals surface area contributed by atoms with Crippen LogP contribution >= 0.6 is 7.14 Å². The Bertz CT molecular complexity index is 2610. The minimum Gasteiger partial charge on any atom is -0.309 e. The van der Waals surface area contributed by atoms with Gasteiger partial charge in [0.1, 0.15) is 5.65 Å². The van der Waals surface area contributed by atoms with Gasteiger partial charge in [-0.15, -0.1) is 0 Å². The number of pyridine rings is 1. The van der Waals surface area contributed by atoms with Crippen LogP contribution in [-0.4, -0.2) is 9.38 Å². The standard InChI is InChI=1S/C39H27N2OP/c42-43(30-19-17-26-9-1-3-11-28(26)23-30,31-20-18-27-10-2-4-12-29(27)24-31)32-21-22-34-33-13-5-6-14-35(33)39-40-36-15-7-8-16-37(36)41(39)38(34)25-32/h1,3,5-25H,2,4H2. The zero-order valence-corrected chi connectivity index (χ0v) is 24.3. The Morgan fingerprint density at radius 3 is 2.12 bits per heavy atom. The molecule has 2 heterocycles. The number of para-hydroxylation sites is 2. The van der Waals surface area contributed by atoms with Gasteiger partial charge in [-0.05, 0) is 69.8 Å². The van der Waals surface area contributed by atoms with Crippen LogP contribution in [0.5, 0.6) is 0 Å². The van der Waals surface area contributed by atoms with Gasteiger partial charge in [-0.3, -0.25) is 4.40 Å². The maximum atomic E-state index is 15.9. The van der Waals surface area contributed by atoms with Gasteiger partial charge in [0, 0.05) is 26.7 Å². The van der Waals surface area contributed by atoms with E-state index in [1.807, 2.05) is 18.2 Å². The molecule has 1 atom stereocenters. The number of imidazole rings is 1. The van der Waals surface area contributed by atoms with Crippen LogP contribution in [0.4, 0.5) is 0 Å². The maximum Gasteiger partial charge on any atom is 0.171 e. The van der Waals surface area contributed by atoms with Crippen molar-refractivity contribution in [1.29, 1.82) is 0 Å². The van der Waals surface area contributed by atoms with Crippen LogP contribution in [0, 0.1) is 0 Å². The van der Waals surface area contributed by atoms with Crippen LogP contribution in [0.1, 0.15) is 12.8 Å². The highest BCUT2D eigenvalue weighted by atomic mass is 31.2. The fraction of sp³-hybridized carbons (Fsp3) is 0.0513. The van der Waals surface area contributed by atoms with E-state index in [4.69, 9.17) is 4.98 Å². The van der Waals surface area contributed by atoms with Crippen LogP contribution in [0.3, 0.4) is 0 Å². The average molecular weight is 571 g/mol. The zero-order chi connectivity index (χ0) is 28.5. The second-order valence-corrected chi connectivity index (χ2v) is 14.2. The van der Waals surface area contributed by atoms with Crippen molar-refractivity contribution in [3.63, 3.8) is 0 Å². The van der Waals surface area contributed by atoms with Crippen molar-refractivity contribution in [3.8, 4) is 0 Å². The first kappa shape index (κ1) is 24.6. The van der Waals surface area contributed by atoms with Crippen molar-refractivity contribution in [3.05, 3.63) is 138 Å². The highest BCUT2D eigenvalue weighted by molar-refractivity contribution is 7.85. The molecule has 204 valence electrons. The Balaban J connectivity index is 1.41. The van der Waals surface area contributed by atoms with E-state index in [2.05, 4.69) is 126 Å². The minimum atomic E-state index is -3.28. The number of aromatic nitrogens is 2. The molecule has 0 saturated carbocycles. The molecule has 1 aliphatic carbocycles. The second kappa shape index (κ2) is 9.26. The fourth-order valence-corrected chi connectivity index (χ4v) is 9.60. The Kier molecular flexibility index (Phi) is 5.30. The van der Waals surface area contributed by atoms with Gasteiger partial charge in [0.05, 0.1) is 16.6 Å². The molecule has 0 bridgehead atoms. The van der Waals surface area contributed by atoms with E-state index in [-0.39, 0.29) is 0 Å². The average Bonchev–Trinajstić information content (AvgIpc) is 3.47. The number of benzene rings is 6. The van der Waals surface area contributed by atoms with Crippen LogP contribution in [0.15, 0.2) is 127 Å². The van der Waals surface area contributed by atoms with Gasteiger partial charge in [0.15, 0.2) is 7.14 Å². The summed E-state index contributed by atoms with van der Waals surface area (Å²) in [4.78, 5) is 5.07. The predicted octanol–water partition coefficient (Wildman–Crippen LogP) is 6.94. The molecule has 1 unspecified atom stereocenters. The molecule has 0 radical (unpaired) electrons. The third kappa shape index (κ3) is 3.62. The van der Waals surface area contributed by atoms with Crippen molar-refractivity contribution in [2.75, 3.05) is 0 Å². The van der Waals surface area contributed by atoms with E-state index in [0.717, 1.165) is 77.9 Å². The lowest BCUT2D eigenvalue weighted by molar-refractivity contribution is 0.592. The molecular formula is C39H27N2OP. The fourth-order valence-electron chi connectivity index (χ4n) is 6.91. The van der Waals surface area contributed by atoms with Gasteiger partial charge in [-0.25, -0.2) is 4.98 Å². The molecule has 43 heavy (non-hydrogen) atoms. The summed E-state index contributed by atoms with van der Waals surface area (Å²) < 4.78 is 18.2. The normalized spacial score (nSPS) is 14.5. The highest BCUT2D eigenvalue weighted by Gasteiger charge is 2.31. The number of rotatable bonds is 3. The third-order valence-corrected chi connectivity index (χ3v) is 12.0. The van der Waals surface area contributed by atoms with Crippen molar-refractivity contribution in [2.24, 2.45) is 0 Å². The maximum absolute atomic E-state index is 15.9. The van der Waals surface area contributed by atoms with Crippen LogP contribution in [-0.2, 0) is 4.57 Å². The molecule has 3 nitrogen and oxygen atoms in total. The predicted molar refractivity (Wildman–Crippen MR) is 182 cm³/mol. The van der Waals surface area contributed by atoms with Gasteiger partial charge in [-0.1, -0.05) is 109 Å². The van der Waals surface area contributed by atoms with Gasteiger partial charge < -0.3 is 4.57 Å². The van der Waals surface area contributed by atoms with Gasteiger partial charge in [-0.2, -0.15) is 0 Å². The van der Waals surface area contributed by atoms with E-state index < -0.39 is 7.14 Å². The van der Waals surface area contributed by atoms with E-state index >= 15 is 4.57 Å². The SMILES string of the molecule is O=P(c1ccc2c(c1)=CCCC=2)(c1ccc2ccccc2c1)c1ccc2c3ccccc3c3nc4ccccc4n3c2c1. The van der Waals surface area contributed by atoms with E-state index in [1.54, 1.807) is 0 Å². The summed E-state index contributed by atoms with van der Waals surface area (Å²) in [6, 6.07) is 44.1. The molecule has 1 aliphatic rings. The molecule has 0 saturated heterocycles. The second-order valence-electron chi connectivity index (χ2n) is 11.4. The molecule has 2 aromatic heterocycles. The molecule has 0 N–H and O–H groups in total. The van der Waals surface area contributed by atoms with Crippen molar-refractivity contribution in [2.45, 2.75) is 12.8 Å². The Morgan fingerprint density at radius 1 is 0.535 bits per heavy atom. The number of nitrogens with zero attached hydrogens (tertiary/aromatic N) is 2. The number of hydrogen-bond donors (Lipinski definition) is 0. The van der Waals surface area contributed by atoms with Crippen molar-refractivity contribution in [1.82, 2.24) is 9.38 Å². The molecule has 6 aromatic carbocycles. The van der Waals surface area contributed by atoms with Crippen LogP contribution in [0.2, 0.25) is 0 Å². The summed E-state index contributed by atoms with van der Waals surface area (Å²) in [6.45, 7) is 0. The van der Waals surface area contributed by atoms with Gasteiger partial charge >= 0.3 is 0 Å². The molecule has 4 heteroatoms. The summed E-state index contributed by atoms with van der Waals surface area (Å²) in [7, 11) is -3.28. The summed E-state index contributed by atoms with van der Waals surface area (Å²) in [5, 5.41) is 10.5. The van der Waals surface area contributed by atoms with E-state index in [0.29, 0.717) is 0 Å². The summed E-state index contributed by atoms with van der Waals surface area (Å²) in [6.07, 6.45) is 6.60. The largest absolute Gasteiger partial charge is 0.309 e. The minimum absolute atomic E-state index is 0.824. The van der Waals surface area contributed by atoms with Crippen LogP contribution < -0.4 is 26.4 Å². The first-order valence-electron chi connectivity index (χ1n) is 14.8. The lowest BCUT2D eigenvalue weighted by Crippen LogP contribution is -2.34. The van der Waals surface area contributed by atoms with Gasteiger partial charge in [0.2, 0.25) is 0 Å². The third-order valence-electron chi connectivity index (χ3n) is 9.03. The van der Waals surface area contributed by atoms with E-state index in [1.165, 1.54) is 10.4 Å². The zero-order valence-electron chi connectivity index (χ0n) is 23.4. The highest BCUT2D eigenvalue weighted by Crippen LogP contribution is 2.44. The topological polar surface area (TPSA) is 34.4 Å². The molecule has 9 rings (SSSR count). The lowest BCUT2D eigenvalue weighted by Gasteiger charge is -2.22. The Labute approximate surface area is 248 Å². The molecule has 0 aliphatic heterocycles. The molecule has 8 aromatic rings. The summed E-state index contributed by atoms with van der Waals surface area (Å²) >= 11 is 0. The monoisotopic (exact) mass is 570 g/mol. The van der Waals surface area contributed by atoms with Gasteiger partial charge in [0.25, 0.3) is 0 Å². The Morgan fingerprint density at radius 2 is 1.21 bits per heavy atom. The smallest absolute Gasteiger partial charge is 0.171 e. The van der Waals surface area contributed by atoms with Crippen molar-refractivity contribution < 1.29 is 4.57 Å². The number of hydrogen-bond acceptors (Lipinski definition) is 2.